The van der Waals surface area contributed by atoms with Crippen LogP contribution in [0.1, 0.15) is 5.69 Å². The van der Waals surface area contributed by atoms with Gasteiger partial charge in [-0.1, -0.05) is 0 Å². The minimum atomic E-state index is -0.238. The Morgan fingerprint density at radius 1 is 1.50 bits per heavy atom. The molecule has 2 nitrogen and oxygen atoms in total. The number of nitrogens with zero attached hydrogens (tertiary/aromatic N) is 1. The zero-order valence-electron chi connectivity index (χ0n) is 6.36. The van der Waals surface area contributed by atoms with Gasteiger partial charge < -0.3 is 0 Å². The van der Waals surface area contributed by atoms with Crippen LogP contribution in [-0.4, -0.2) is 10.2 Å². The van der Waals surface area contributed by atoms with Crippen molar-refractivity contribution in [1.82, 2.24) is 10.2 Å². The monoisotopic (exact) mass is 276 g/mol. The van der Waals surface area contributed by atoms with Crippen molar-refractivity contribution < 1.29 is 4.39 Å². The fraction of sp³-hybridized carbons (Fsp3) is 0.125. The number of hydrogen-bond donors (Lipinski definition) is 1. The summed E-state index contributed by atoms with van der Waals surface area (Å²) in [5, 5.41) is 7.48. The van der Waals surface area contributed by atoms with Crippen molar-refractivity contribution >= 4 is 33.5 Å². The number of aromatic nitrogens is 2. The van der Waals surface area contributed by atoms with Gasteiger partial charge in [0.1, 0.15) is 5.52 Å². The van der Waals surface area contributed by atoms with Crippen molar-refractivity contribution in [1.29, 1.82) is 0 Å². The van der Waals surface area contributed by atoms with Crippen molar-refractivity contribution in [3.05, 3.63) is 27.2 Å². The molecule has 0 fully saturated rings. The third-order valence-electron chi connectivity index (χ3n) is 1.81. The zero-order chi connectivity index (χ0) is 8.72. The molecule has 2 rings (SSSR count). The van der Waals surface area contributed by atoms with Crippen molar-refractivity contribution in [2.24, 2.45) is 0 Å². The number of benzene rings is 1. The molecule has 4 heteroatoms. The minimum absolute atomic E-state index is 0.238. The van der Waals surface area contributed by atoms with Gasteiger partial charge in [-0.2, -0.15) is 5.10 Å². The maximum Gasteiger partial charge on any atom is 0.164 e. The summed E-state index contributed by atoms with van der Waals surface area (Å²) in [7, 11) is 0. The Balaban J connectivity index is 2.93. The normalized spacial score (nSPS) is 10.9. The number of rotatable bonds is 0. The van der Waals surface area contributed by atoms with Gasteiger partial charge in [0.15, 0.2) is 5.82 Å². The maximum atomic E-state index is 13.3. The second kappa shape index (κ2) is 2.69. The van der Waals surface area contributed by atoms with E-state index in [2.05, 4.69) is 10.2 Å². The Hall–Kier alpha value is -0.650. The highest BCUT2D eigenvalue weighted by atomic mass is 127. The lowest BCUT2D eigenvalue weighted by Gasteiger charge is -1.93. The van der Waals surface area contributed by atoms with Crippen LogP contribution in [0.2, 0.25) is 0 Å². The number of fused-ring (bicyclic) bond motifs is 1. The van der Waals surface area contributed by atoms with Crippen LogP contribution in [0.15, 0.2) is 12.1 Å². The first-order valence-corrected chi connectivity index (χ1v) is 4.56. The van der Waals surface area contributed by atoms with E-state index in [4.69, 9.17) is 0 Å². The molecule has 0 saturated heterocycles. The van der Waals surface area contributed by atoms with E-state index in [-0.39, 0.29) is 5.82 Å². The predicted octanol–water partition coefficient (Wildman–Crippen LogP) is 2.62. The van der Waals surface area contributed by atoms with E-state index in [1.54, 1.807) is 6.07 Å². The van der Waals surface area contributed by atoms with Gasteiger partial charge in [0, 0.05) is 11.1 Å². The number of halogens is 2. The van der Waals surface area contributed by atoms with Crippen molar-refractivity contribution in [2.45, 2.75) is 6.92 Å². The third-order valence-corrected chi connectivity index (χ3v) is 2.64. The summed E-state index contributed by atoms with van der Waals surface area (Å²) in [4.78, 5) is 0. The summed E-state index contributed by atoms with van der Waals surface area (Å²) < 4.78 is 13.9. The lowest BCUT2D eigenvalue weighted by molar-refractivity contribution is 0.629. The first-order valence-electron chi connectivity index (χ1n) is 3.49. The molecule has 0 atom stereocenters. The van der Waals surface area contributed by atoms with Crippen molar-refractivity contribution in [2.75, 3.05) is 0 Å². The standard InChI is InChI=1S/C8H6FIN2/c1-4-5-2-3-6(10)7(9)8(5)12-11-4/h2-3H,1H3,(H,11,12). The highest BCUT2D eigenvalue weighted by Gasteiger charge is 2.08. The second-order valence-corrected chi connectivity index (χ2v) is 3.77. The zero-order valence-corrected chi connectivity index (χ0v) is 8.52. The molecule has 1 aromatic heterocycles. The Kier molecular flexibility index (Phi) is 1.79. The maximum absolute atomic E-state index is 13.3. The molecule has 0 aliphatic heterocycles. The molecule has 0 bridgehead atoms. The van der Waals surface area contributed by atoms with E-state index >= 15 is 0 Å². The molecule has 2 aromatic rings. The van der Waals surface area contributed by atoms with Gasteiger partial charge in [0.05, 0.1) is 3.57 Å². The van der Waals surface area contributed by atoms with Gasteiger partial charge in [0.25, 0.3) is 0 Å². The van der Waals surface area contributed by atoms with Gasteiger partial charge in [-0.15, -0.1) is 0 Å². The quantitative estimate of drug-likeness (QED) is 0.736. The number of nitrogens with one attached hydrogen (secondary N) is 1. The summed E-state index contributed by atoms with van der Waals surface area (Å²) in [5.74, 6) is -0.238. The van der Waals surface area contributed by atoms with Crippen LogP contribution < -0.4 is 0 Å². The Bertz CT molecular complexity index is 436. The summed E-state index contributed by atoms with van der Waals surface area (Å²) in [6.45, 7) is 1.88. The fourth-order valence-electron chi connectivity index (χ4n) is 1.15. The van der Waals surface area contributed by atoms with Gasteiger partial charge in [-0.3, -0.25) is 5.10 Å². The van der Waals surface area contributed by atoms with Gasteiger partial charge in [-0.05, 0) is 41.6 Å². The molecule has 0 amide bonds. The van der Waals surface area contributed by atoms with Crippen LogP contribution in [0, 0.1) is 16.3 Å². The first kappa shape index (κ1) is 7.97. The van der Waals surface area contributed by atoms with E-state index < -0.39 is 0 Å². The smallest absolute Gasteiger partial charge is 0.164 e. The van der Waals surface area contributed by atoms with Gasteiger partial charge >= 0.3 is 0 Å². The third kappa shape index (κ3) is 1.01. The Labute approximate surface area is 82.3 Å². The molecule has 0 unspecified atom stereocenters. The fourth-order valence-corrected chi connectivity index (χ4v) is 1.59. The van der Waals surface area contributed by atoms with Crippen LogP contribution >= 0.6 is 22.6 Å². The van der Waals surface area contributed by atoms with E-state index in [0.717, 1.165) is 11.1 Å². The molecule has 0 aliphatic carbocycles. The van der Waals surface area contributed by atoms with E-state index in [9.17, 15) is 4.39 Å². The van der Waals surface area contributed by atoms with Crippen molar-refractivity contribution in [3.8, 4) is 0 Å². The lowest BCUT2D eigenvalue weighted by atomic mass is 10.2. The summed E-state index contributed by atoms with van der Waals surface area (Å²) in [6.07, 6.45) is 0. The molecule has 1 aromatic carbocycles. The van der Waals surface area contributed by atoms with Gasteiger partial charge in [-0.25, -0.2) is 4.39 Å². The average Bonchev–Trinajstić information content (AvgIpc) is 2.41. The van der Waals surface area contributed by atoms with E-state index in [1.807, 2.05) is 35.6 Å². The SMILES string of the molecule is Cc1[nH]nc2c(F)c(I)ccc12. The number of hydrogen-bond acceptors (Lipinski definition) is 1. The highest BCUT2D eigenvalue weighted by molar-refractivity contribution is 14.1. The minimum Gasteiger partial charge on any atom is -0.282 e. The van der Waals surface area contributed by atoms with Gasteiger partial charge in [0.2, 0.25) is 0 Å². The molecular formula is C8H6FIN2. The number of H-pyrrole nitrogens is 1. The molecule has 0 radical (unpaired) electrons. The van der Waals surface area contributed by atoms with Crippen molar-refractivity contribution in [3.63, 3.8) is 0 Å². The summed E-state index contributed by atoms with van der Waals surface area (Å²) in [6, 6.07) is 3.62. The average molecular weight is 276 g/mol. The largest absolute Gasteiger partial charge is 0.282 e. The molecule has 0 saturated carbocycles. The van der Waals surface area contributed by atoms with Crippen LogP contribution in [0.3, 0.4) is 0 Å². The van der Waals surface area contributed by atoms with Crippen LogP contribution in [0.5, 0.6) is 0 Å². The highest BCUT2D eigenvalue weighted by Crippen LogP contribution is 2.22. The van der Waals surface area contributed by atoms with E-state index in [1.165, 1.54) is 0 Å². The number of aromatic amines is 1. The predicted molar refractivity (Wildman–Crippen MR) is 53.5 cm³/mol. The van der Waals surface area contributed by atoms with Crippen LogP contribution in [-0.2, 0) is 0 Å². The van der Waals surface area contributed by atoms with Crippen LogP contribution in [0.4, 0.5) is 4.39 Å². The van der Waals surface area contributed by atoms with E-state index in [0.29, 0.717) is 9.09 Å². The first-order chi connectivity index (χ1) is 5.70. The summed E-state index contributed by atoms with van der Waals surface area (Å²) >= 11 is 1.95. The summed E-state index contributed by atoms with van der Waals surface area (Å²) in [5.41, 5.74) is 1.33. The molecule has 12 heavy (non-hydrogen) atoms. The molecule has 62 valence electrons. The molecular weight excluding hydrogens is 270 g/mol. The number of aryl methyl sites for hydroxylation is 1. The molecule has 1 heterocycles. The van der Waals surface area contributed by atoms with Crippen LogP contribution in [0.25, 0.3) is 10.9 Å². The lowest BCUT2D eigenvalue weighted by Crippen LogP contribution is -1.82. The Morgan fingerprint density at radius 3 is 3.00 bits per heavy atom. The second-order valence-electron chi connectivity index (χ2n) is 2.61. The molecule has 0 aliphatic rings. The molecule has 1 N–H and O–H groups in total. The molecule has 0 spiro atoms. The topological polar surface area (TPSA) is 28.7 Å². The Morgan fingerprint density at radius 2 is 2.25 bits per heavy atom.